The van der Waals surface area contributed by atoms with Crippen LogP contribution < -0.4 is 4.90 Å². The number of carboxylic acids is 1. The summed E-state index contributed by atoms with van der Waals surface area (Å²) < 4.78 is 19.3. The summed E-state index contributed by atoms with van der Waals surface area (Å²) in [5.41, 5.74) is 1.16. The van der Waals surface area contributed by atoms with Gasteiger partial charge >= 0.3 is 5.97 Å². The van der Waals surface area contributed by atoms with Crippen LogP contribution in [0.15, 0.2) is 18.2 Å². The number of aliphatic carboxylic acids is 1. The Balaban J connectivity index is 2.39. The summed E-state index contributed by atoms with van der Waals surface area (Å²) in [6, 6.07) is 4.33. The quantitative estimate of drug-likeness (QED) is 0.597. The van der Waals surface area contributed by atoms with E-state index in [-0.39, 0.29) is 30.9 Å². The van der Waals surface area contributed by atoms with Crippen LogP contribution in [-0.2, 0) is 25.7 Å². The Morgan fingerprint density at radius 1 is 0.971 bits per heavy atom. The molecule has 0 aromatic heterocycles. The zero-order valence-corrected chi connectivity index (χ0v) is 21.5. The summed E-state index contributed by atoms with van der Waals surface area (Å²) in [6.07, 6.45) is 1.88. The lowest BCUT2D eigenvalue weighted by Gasteiger charge is -2.32. The molecule has 0 saturated heterocycles. The highest BCUT2D eigenvalue weighted by Gasteiger charge is 2.24. The van der Waals surface area contributed by atoms with Crippen LogP contribution in [0.2, 0.25) is 0 Å². The second-order valence-corrected chi connectivity index (χ2v) is 10.0. The highest BCUT2D eigenvalue weighted by atomic mass is 19.1. The minimum atomic E-state index is -1.15. The number of halogens is 1. The minimum absolute atomic E-state index is 0.0250. The molecule has 1 aromatic carbocycles. The summed E-state index contributed by atoms with van der Waals surface area (Å²) in [6.45, 7) is 10.9. The van der Waals surface area contributed by atoms with Gasteiger partial charge < -0.3 is 24.5 Å². The van der Waals surface area contributed by atoms with Crippen LogP contribution in [0.5, 0.6) is 0 Å². The first-order valence-corrected chi connectivity index (χ1v) is 12.4. The first-order valence-electron chi connectivity index (χ1n) is 12.4. The Kier molecular flexibility index (Phi) is 11.6. The molecule has 0 spiro atoms. The third kappa shape index (κ3) is 9.93. The number of amides is 2. The van der Waals surface area contributed by atoms with E-state index in [1.807, 2.05) is 13.8 Å². The zero-order valence-electron chi connectivity index (χ0n) is 21.5. The molecule has 196 valence electrons. The number of rotatable bonds is 8. The number of nitrogens with zero attached hydrogens (tertiary/aromatic N) is 3. The molecule has 1 N–H and O–H groups in total. The largest absolute Gasteiger partial charge is 0.480 e. The Labute approximate surface area is 208 Å². The second-order valence-electron chi connectivity index (χ2n) is 10.0. The molecule has 8 nitrogen and oxygen atoms in total. The third-order valence-electron chi connectivity index (χ3n) is 5.76. The number of hydrogen-bond acceptors (Lipinski definition) is 5. The van der Waals surface area contributed by atoms with Crippen LogP contribution in [0.3, 0.4) is 0 Å². The van der Waals surface area contributed by atoms with Crippen molar-refractivity contribution in [2.24, 2.45) is 11.8 Å². The maximum absolute atomic E-state index is 14.3. The van der Waals surface area contributed by atoms with E-state index < -0.39 is 18.4 Å². The van der Waals surface area contributed by atoms with E-state index in [9.17, 15) is 18.8 Å². The highest BCUT2D eigenvalue weighted by Crippen LogP contribution is 2.26. The molecule has 0 radical (unpaired) electrons. The van der Waals surface area contributed by atoms with Crippen molar-refractivity contribution in [1.82, 2.24) is 9.80 Å². The van der Waals surface area contributed by atoms with Crippen molar-refractivity contribution in [3.63, 3.8) is 0 Å². The van der Waals surface area contributed by atoms with Crippen LogP contribution in [0.4, 0.5) is 10.1 Å². The van der Waals surface area contributed by atoms with Crippen molar-refractivity contribution in [2.45, 2.75) is 53.5 Å². The predicted octanol–water partition coefficient (Wildman–Crippen LogP) is 3.39. The van der Waals surface area contributed by atoms with Gasteiger partial charge in [-0.15, -0.1) is 0 Å². The van der Waals surface area contributed by atoms with E-state index >= 15 is 0 Å². The Bertz CT molecular complexity index is 861. The van der Waals surface area contributed by atoms with Crippen LogP contribution in [-0.4, -0.2) is 78.6 Å². The number of benzene rings is 1. The van der Waals surface area contributed by atoms with Gasteiger partial charge in [0, 0.05) is 38.3 Å². The lowest BCUT2D eigenvalue weighted by Crippen LogP contribution is -2.40. The lowest BCUT2D eigenvalue weighted by atomic mass is 10.1. The van der Waals surface area contributed by atoms with Gasteiger partial charge in [0.25, 0.3) is 0 Å². The normalized spacial score (nSPS) is 16.1. The van der Waals surface area contributed by atoms with Gasteiger partial charge in [0.1, 0.15) is 19.0 Å². The van der Waals surface area contributed by atoms with Gasteiger partial charge in [-0.05, 0) is 61.5 Å². The van der Waals surface area contributed by atoms with Crippen molar-refractivity contribution in [1.29, 1.82) is 0 Å². The summed E-state index contributed by atoms with van der Waals surface area (Å²) in [4.78, 5) is 42.6. The minimum Gasteiger partial charge on any atom is -0.480 e. The SMILES string of the molecule is CC(C)CC(=O)N1CCCN(CC(C)C)CCCN(C(=O)COCC(=O)O)Cc2cc(F)ccc21. The van der Waals surface area contributed by atoms with Gasteiger partial charge in [0.15, 0.2) is 0 Å². The molecule has 2 amide bonds. The molecular formula is C26H40FN3O5. The fourth-order valence-corrected chi connectivity index (χ4v) is 4.35. The van der Waals surface area contributed by atoms with Crippen LogP contribution in [0.1, 0.15) is 52.5 Å². The predicted molar refractivity (Wildman–Crippen MR) is 133 cm³/mol. The number of hydrogen-bond donors (Lipinski definition) is 1. The van der Waals surface area contributed by atoms with E-state index in [0.29, 0.717) is 36.7 Å². The number of fused-ring (bicyclic) bond motifs is 1. The fraction of sp³-hybridized carbons (Fsp3) is 0.654. The van der Waals surface area contributed by atoms with Crippen LogP contribution in [0.25, 0.3) is 0 Å². The van der Waals surface area contributed by atoms with Gasteiger partial charge in [0.05, 0.1) is 0 Å². The summed E-state index contributed by atoms with van der Waals surface area (Å²) >= 11 is 0. The van der Waals surface area contributed by atoms with E-state index in [2.05, 4.69) is 18.7 Å². The van der Waals surface area contributed by atoms with Crippen molar-refractivity contribution >= 4 is 23.5 Å². The number of carbonyl (C=O) groups is 3. The van der Waals surface area contributed by atoms with Crippen LogP contribution in [0, 0.1) is 17.7 Å². The third-order valence-corrected chi connectivity index (χ3v) is 5.76. The van der Waals surface area contributed by atoms with Crippen molar-refractivity contribution < 1.29 is 28.6 Å². The van der Waals surface area contributed by atoms with Crippen LogP contribution >= 0.6 is 0 Å². The average Bonchev–Trinajstić information content (AvgIpc) is 2.74. The number of carboxylic acid groups (broad SMARTS) is 1. The molecular weight excluding hydrogens is 453 g/mol. The number of ether oxygens (including phenoxy) is 1. The number of anilines is 1. The van der Waals surface area contributed by atoms with Crippen molar-refractivity contribution in [3.8, 4) is 0 Å². The van der Waals surface area contributed by atoms with Gasteiger partial charge in [-0.2, -0.15) is 0 Å². The fourth-order valence-electron chi connectivity index (χ4n) is 4.35. The van der Waals surface area contributed by atoms with Gasteiger partial charge in [-0.25, -0.2) is 9.18 Å². The number of carbonyl (C=O) groups excluding carboxylic acids is 2. The monoisotopic (exact) mass is 493 g/mol. The van der Waals surface area contributed by atoms with E-state index in [1.54, 1.807) is 15.9 Å². The van der Waals surface area contributed by atoms with E-state index in [0.717, 1.165) is 32.5 Å². The Hall–Kier alpha value is -2.52. The first-order chi connectivity index (χ1) is 16.6. The first kappa shape index (κ1) is 28.7. The van der Waals surface area contributed by atoms with Gasteiger partial charge in [0.2, 0.25) is 11.8 Å². The standard InChI is InChI=1S/C26H40FN3O5/c1-19(2)13-24(31)30-12-6-10-28(15-20(3)4)9-5-11-29(25(32)17-35-18-26(33)34)16-21-14-22(27)7-8-23(21)30/h7-8,14,19-20H,5-6,9-13,15-18H2,1-4H3,(H,33,34). The average molecular weight is 494 g/mol. The molecule has 0 bridgehead atoms. The summed E-state index contributed by atoms with van der Waals surface area (Å²) in [7, 11) is 0. The molecule has 1 aliphatic rings. The molecule has 2 rings (SSSR count). The Morgan fingerprint density at radius 3 is 2.29 bits per heavy atom. The molecule has 1 heterocycles. The van der Waals surface area contributed by atoms with E-state index in [4.69, 9.17) is 9.84 Å². The molecule has 35 heavy (non-hydrogen) atoms. The Morgan fingerprint density at radius 2 is 1.66 bits per heavy atom. The molecule has 9 heteroatoms. The van der Waals surface area contributed by atoms with E-state index in [1.165, 1.54) is 12.1 Å². The summed E-state index contributed by atoms with van der Waals surface area (Å²) in [5.74, 6) is -1.33. The van der Waals surface area contributed by atoms with Gasteiger partial charge in [-0.1, -0.05) is 27.7 Å². The molecule has 1 aromatic rings. The topological polar surface area (TPSA) is 90.4 Å². The smallest absolute Gasteiger partial charge is 0.329 e. The second kappa shape index (κ2) is 14.1. The van der Waals surface area contributed by atoms with Crippen molar-refractivity contribution in [2.75, 3.05) is 50.8 Å². The van der Waals surface area contributed by atoms with Gasteiger partial charge in [-0.3, -0.25) is 9.59 Å². The molecule has 0 unspecified atom stereocenters. The summed E-state index contributed by atoms with van der Waals surface area (Å²) in [5, 5.41) is 8.82. The maximum Gasteiger partial charge on any atom is 0.329 e. The highest BCUT2D eigenvalue weighted by molar-refractivity contribution is 5.94. The molecule has 0 saturated carbocycles. The molecule has 0 atom stereocenters. The lowest BCUT2D eigenvalue weighted by molar-refractivity contribution is -0.146. The zero-order chi connectivity index (χ0) is 26.0. The molecule has 1 aliphatic heterocycles. The maximum atomic E-state index is 14.3. The molecule has 0 aliphatic carbocycles. The molecule has 0 fully saturated rings. The van der Waals surface area contributed by atoms with Crippen molar-refractivity contribution in [3.05, 3.63) is 29.6 Å².